The lowest BCUT2D eigenvalue weighted by Gasteiger charge is -2.20. The molecule has 0 fully saturated rings. The SMILES string of the molecule is [2H]c1c([2H])c([2H])c2c(c1[2H])[N+](c1cc(Oc3cnc4c5ccccc5n(-c5cc(C(C)(C)C)ccn5)c4c3)cc(C(C)(C)C)c1)=C=[N+]2c1ccccc1C(C)(C)C. The van der Waals surface area contributed by atoms with Crippen molar-refractivity contribution in [3.63, 3.8) is 0 Å². The summed E-state index contributed by atoms with van der Waals surface area (Å²) in [7, 11) is 0. The molecule has 7 aromatic rings. The topological polar surface area (TPSA) is 46.0 Å². The van der Waals surface area contributed by atoms with Crippen LogP contribution in [0.2, 0.25) is 0 Å². The van der Waals surface area contributed by atoms with Crippen molar-refractivity contribution in [1.82, 2.24) is 23.7 Å². The van der Waals surface area contributed by atoms with Crippen molar-refractivity contribution in [2.75, 3.05) is 0 Å². The zero-order valence-corrected chi connectivity index (χ0v) is 31.9. The molecular weight excluding hydrogens is 651 g/mol. The van der Waals surface area contributed by atoms with Crippen LogP contribution in [-0.2, 0) is 16.2 Å². The molecule has 0 bridgehead atoms. The van der Waals surface area contributed by atoms with Crippen molar-refractivity contribution in [3.8, 4) is 17.3 Å². The molecule has 0 aliphatic carbocycles. The number of nitrogens with zero attached hydrogens (tertiary/aromatic N) is 5. The summed E-state index contributed by atoms with van der Waals surface area (Å²) in [5.74, 6) is 1.88. The number of ether oxygens (including phenoxy) is 1. The maximum atomic E-state index is 9.15. The fourth-order valence-corrected chi connectivity index (χ4v) is 6.95. The molecule has 3 aromatic heterocycles. The van der Waals surface area contributed by atoms with Gasteiger partial charge < -0.3 is 4.74 Å². The largest absolute Gasteiger partial charge is 0.503 e. The summed E-state index contributed by atoms with van der Waals surface area (Å²) in [6.45, 7) is 19.4. The van der Waals surface area contributed by atoms with Gasteiger partial charge in [0.05, 0.1) is 34.3 Å². The van der Waals surface area contributed by atoms with Gasteiger partial charge in [0.25, 0.3) is 11.4 Å². The Kier molecular flexibility index (Phi) is 6.95. The quantitative estimate of drug-likeness (QED) is 0.168. The second kappa shape index (κ2) is 12.4. The zero-order chi connectivity index (χ0) is 40.8. The highest BCUT2D eigenvalue weighted by Gasteiger charge is 2.39. The third kappa shape index (κ3) is 6.23. The summed E-state index contributed by atoms with van der Waals surface area (Å²) in [5.41, 5.74) is 7.33. The van der Waals surface area contributed by atoms with Crippen LogP contribution in [0.4, 0.5) is 22.7 Å². The highest BCUT2D eigenvalue weighted by Crippen LogP contribution is 2.42. The number of para-hydroxylation sites is 4. The molecule has 8 rings (SSSR count). The fraction of sp³-hybridized carbons (Fsp3) is 0.255. The van der Waals surface area contributed by atoms with E-state index in [2.05, 4.69) is 103 Å². The summed E-state index contributed by atoms with van der Waals surface area (Å²) < 4.78 is 47.9. The van der Waals surface area contributed by atoms with Gasteiger partial charge in [-0.2, -0.15) is 0 Å². The van der Waals surface area contributed by atoms with Crippen molar-refractivity contribution in [3.05, 3.63) is 138 Å². The zero-order valence-electron chi connectivity index (χ0n) is 35.9. The van der Waals surface area contributed by atoms with E-state index in [0.717, 1.165) is 44.6 Å². The summed E-state index contributed by atoms with van der Waals surface area (Å²) in [5, 5.41) is 1.01. The Balaban J connectivity index is 1.33. The molecule has 264 valence electrons. The minimum atomic E-state index is -0.308. The molecule has 53 heavy (non-hydrogen) atoms. The first-order chi connectivity index (χ1) is 26.8. The molecule has 4 aromatic carbocycles. The maximum Gasteiger partial charge on any atom is 0.503 e. The van der Waals surface area contributed by atoms with E-state index in [0.29, 0.717) is 28.6 Å². The molecule has 0 N–H and O–H groups in total. The van der Waals surface area contributed by atoms with E-state index < -0.39 is 0 Å². The number of hydrogen-bond acceptors (Lipinski definition) is 3. The predicted molar refractivity (Wildman–Crippen MR) is 220 cm³/mol. The summed E-state index contributed by atoms with van der Waals surface area (Å²) >= 11 is 0. The average molecular weight is 702 g/mol. The lowest BCUT2D eigenvalue weighted by atomic mass is 9.85. The van der Waals surface area contributed by atoms with Crippen molar-refractivity contribution in [2.24, 2.45) is 0 Å². The van der Waals surface area contributed by atoms with E-state index in [-0.39, 0.29) is 40.4 Å². The number of rotatable bonds is 5. The summed E-state index contributed by atoms with van der Waals surface area (Å²) in [6, 6.07) is 30.9. The average Bonchev–Trinajstić information content (AvgIpc) is 3.72. The minimum absolute atomic E-state index is 0.0643. The predicted octanol–water partition coefficient (Wildman–Crippen LogP) is 12.1. The van der Waals surface area contributed by atoms with Crippen LogP contribution in [0, 0.1) is 0 Å². The van der Waals surface area contributed by atoms with Gasteiger partial charge in [-0.15, -0.1) is 0 Å². The van der Waals surface area contributed by atoms with Crippen LogP contribution in [0.1, 0.15) is 84.5 Å². The molecule has 0 amide bonds. The molecule has 6 nitrogen and oxygen atoms in total. The van der Waals surface area contributed by atoms with Crippen LogP contribution in [0.5, 0.6) is 11.5 Å². The first kappa shape index (κ1) is 29.7. The van der Waals surface area contributed by atoms with Crippen molar-refractivity contribution >= 4 is 50.7 Å². The van der Waals surface area contributed by atoms with Gasteiger partial charge in [-0.05, 0) is 60.8 Å². The molecule has 0 atom stereocenters. The lowest BCUT2D eigenvalue weighted by molar-refractivity contribution is 0.477. The first-order valence-corrected chi connectivity index (χ1v) is 18.1. The molecular formula is C47H47N5O+2. The van der Waals surface area contributed by atoms with Crippen molar-refractivity contribution in [1.29, 1.82) is 0 Å². The van der Waals surface area contributed by atoms with Crippen LogP contribution in [0.15, 0.2) is 121 Å². The lowest BCUT2D eigenvalue weighted by Crippen LogP contribution is -2.15. The second-order valence-electron chi connectivity index (χ2n) is 16.8. The number of hydrogen-bond donors (Lipinski definition) is 0. The smallest absolute Gasteiger partial charge is 0.455 e. The number of fused-ring (bicyclic) bond motifs is 4. The minimum Gasteiger partial charge on any atom is -0.455 e. The fourth-order valence-electron chi connectivity index (χ4n) is 6.95. The van der Waals surface area contributed by atoms with E-state index in [1.54, 1.807) is 15.3 Å². The molecule has 0 saturated carbocycles. The highest BCUT2D eigenvalue weighted by atomic mass is 16.5. The van der Waals surface area contributed by atoms with Crippen LogP contribution in [0.3, 0.4) is 0 Å². The standard InChI is InChI=1S/C47H47N5O/c1-45(2,3)31-22-23-48-43(26-31)52-38-18-12-10-16-36(38)44-42(52)28-35(29-49-44)53-34-25-32(46(4,5)6)24-33(27-34)50-30-51(41-21-15-14-20-40(41)50)39-19-13-11-17-37(39)47(7,8)9/h10-29H,1-9H3/q+2/i14D,15D,20D,21D. The van der Waals surface area contributed by atoms with Gasteiger partial charge >= 0.3 is 6.01 Å². The van der Waals surface area contributed by atoms with Gasteiger partial charge in [-0.1, -0.05) is 111 Å². The van der Waals surface area contributed by atoms with E-state index >= 15 is 0 Å². The highest BCUT2D eigenvalue weighted by molar-refractivity contribution is 6.07. The third-order valence-corrected chi connectivity index (χ3v) is 9.82. The monoisotopic (exact) mass is 701 g/mol. The van der Waals surface area contributed by atoms with Gasteiger partial charge in [0.1, 0.15) is 17.3 Å². The number of benzene rings is 4. The summed E-state index contributed by atoms with van der Waals surface area (Å²) in [4.78, 5) is 9.76. The van der Waals surface area contributed by atoms with Gasteiger partial charge in [0.15, 0.2) is 0 Å². The molecule has 0 unspecified atom stereocenters. The normalized spacial score (nSPS) is 14.4. The first-order valence-electron chi connectivity index (χ1n) is 20.1. The second-order valence-corrected chi connectivity index (χ2v) is 16.8. The van der Waals surface area contributed by atoms with E-state index in [4.69, 9.17) is 20.2 Å². The molecule has 1 aliphatic heterocycles. The van der Waals surface area contributed by atoms with E-state index in [1.807, 2.05) is 60.8 Å². The summed E-state index contributed by atoms with van der Waals surface area (Å²) in [6.07, 6.45) is 3.60. The number of aromatic nitrogens is 3. The molecule has 6 heteroatoms. The molecule has 0 radical (unpaired) electrons. The van der Waals surface area contributed by atoms with Crippen molar-refractivity contribution < 1.29 is 10.2 Å². The molecule has 1 aliphatic rings. The van der Waals surface area contributed by atoms with Gasteiger partial charge in [-0.25, -0.2) is 4.98 Å². The third-order valence-electron chi connectivity index (χ3n) is 9.82. The Labute approximate surface area is 318 Å². The van der Waals surface area contributed by atoms with Gasteiger partial charge in [0, 0.05) is 47.4 Å². The van der Waals surface area contributed by atoms with E-state index in [9.17, 15) is 0 Å². The van der Waals surface area contributed by atoms with Crippen LogP contribution in [-0.4, -0.2) is 20.5 Å². The van der Waals surface area contributed by atoms with Gasteiger partial charge in [-0.3, -0.25) is 9.55 Å². The Morgan fingerprint density at radius 2 is 1.34 bits per heavy atom. The molecule has 4 heterocycles. The molecule has 0 spiro atoms. The number of pyridine rings is 2. The van der Waals surface area contributed by atoms with Crippen molar-refractivity contribution in [2.45, 2.75) is 78.6 Å². The Morgan fingerprint density at radius 1 is 0.642 bits per heavy atom. The van der Waals surface area contributed by atoms with E-state index in [1.165, 1.54) is 5.56 Å². The maximum absolute atomic E-state index is 9.15. The van der Waals surface area contributed by atoms with Crippen LogP contribution in [0.25, 0.3) is 27.8 Å². The van der Waals surface area contributed by atoms with Crippen LogP contribution >= 0.6 is 0 Å². The van der Waals surface area contributed by atoms with Gasteiger partial charge in [0.2, 0.25) is 11.4 Å². The molecule has 0 saturated heterocycles. The Hall–Kier alpha value is -5.84. The Morgan fingerprint density at radius 3 is 2.08 bits per heavy atom. The Bertz CT molecular complexity index is 2870. The van der Waals surface area contributed by atoms with Crippen LogP contribution < -0.4 is 13.9 Å².